The summed E-state index contributed by atoms with van der Waals surface area (Å²) in [6.45, 7) is 8.58. The zero-order valence-electron chi connectivity index (χ0n) is 28.2. The SMILES string of the molecule is CCCCOC(=O)N1CCN(C(=O)CNC(=O)c2cc(OCC(=O)N3CCCC3C(=O)N3CCN(C)CC3)c3ccc(C)cc3n2)CC1. The molecule has 5 rings (SSSR count). The number of amides is 5. The second-order valence-corrected chi connectivity index (χ2v) is 12.7. The van der Waals surface area contributed by atoms with Gasteiger partial charge in [-0.3, -0.25) is 19.2 Å². The highest BCUT2D eigenvalue weighted by Crippen LogP contribution is 2.27. The van der Waals surface area contributed by atoms with Crippen LogP contribution in [0.2, 0.25) is 0 Å². The summed E-state index contributed by atoms with van der Waals surface area (Å²) in [7, 11) is 2.03. The van der Waals surface area contributed by atoms with Crippen LogP contribution in [0.25, 0.3) is 10.9 Å². The number of hydrogen-bond acceptors (Lipinski definition) is 9. The number of benzene rings is 1. The van der Waals surface area contributed by atoms with Crippen LogP contribution in [0, 0.1) is 6.92 Å². The molecule has 0 saturated carbocycles. The monoisotopic (exact) mass is 665 g/mol. The van der Waals surface area contributed by atoms with E-state index in [0.29, 0.717) is 75.5 Å². The first-order valence-electron chi connectivity index (χ1n) is 16.9. The van der Waals surface area contributed by atoms with Crippen molar-refractivity contribution in [2.45, 2.75) is 45.6 Å². The second-order valence-electron chi connectivity index (χ2n) is 12.7. The summed E-state index contributed by atoms with van der Waals surface area (Å²) in [6.07, 6.45) is 2.74. The standard InChI is InChI=1S/C34H47N7O7/c1-4-5-19-47-34(46)40-17-15-38(16-18-40)30(42)22-35-32(44)27-21-29(25-9-8-24(2)20-26(25)36-27)48-23-31(43)41-10-6-7-28(41)33(45)39-13-11-37(3)12-14-39/h8-9,20-21,28H,4-7,10-19,22-23H2,1-3H3,(H,35,44). The molecule has 1 aromatic carbocycles. The van der Waals surface area contributed by atoms with Crippen LogP contribution in [0.5, 0.6) is 5.75 Å². The Kier molecular flexibility index (Phi) is 11.7. The predicted molar refractivity (Wildman–Crippen MR) is 178 cm³/mol. The minimum Gasteiger partial charge on any atom is -0.483 e. The fraction of sp³-hybridized carbons (Fsp3) is 0.588. The summed E-state index contributed by atoms with van der Waals surface area (Å²) >= 11 is 0. The van der Waals surface area contributed by atoms with Crippen LogP contribution in [-0.2, 0) is 19.1 Å². The van der Waals surface area contributed by atoms with E-state index in [2.05, 4.69) is 15.2 Å². The molecule has 14 heteroatoms. The zero-order chi connectivity index (χ0) is 34.2. The summed E-state index contributed by atoms with van der Waals surface area (Å²) in [6, 6.07) is 6.53. The summed E-state index contributed by atoms with van der Waals surface area (Å²) in [5.41, 5.74) is 1.50. The van der Waals surface area contributed by atoms with Crippen LogP contribution in [0.15, 0.2) is 24.3 Å². The average Bonchev–Trinajstić information content (AvgIpc) is 3.59. The first-order chi connectivity index (χ1) is 23.1. The van der Waals surface area contributed by atoms with E-state index in [1.807, 2.05) is 44.0 Å². The van der Waals surface area contributed by atoms with Gasteiger partial charge in [0.15, 0.2) is 6.61 Å². The van der Waals surface area contributed by atoms with Crippen LogP contribution in [0.1, 0.15) is 48.7 Å². The average molecular weight is 666 g/mol. The number of nitrogens with zero attached hydrogens (tertiary/aromatic N) is 6. The molecule has 14 nitrogen and oxygen atoms in total. The van der Waals surface area contributed by atoms with E-state index in [4.69, 9.17) is 9.47 Å². The number of aryl methyl sites for hydroxylation is 1. The molecule has 3 aliphatic heterocycles. The molecule has 1 atom stereocenters. The first-order valence-corrected chi connectivity index (χ1v) is 16.9. The summed E-state index contributed by atoms with van der Waals surface area (Å²) in [4.78, 5) is 78.4. The number of aromatic nitrogens is 1. The van der Waals surface area contributed by atoms with Gasteiger partial charge in [0.1, 0.15) is 17.5 Å². The van der Waals surface area contributed by atoms with Gasteiger partial charge >= 0.3 is 6.09 Å². The van der Waals surface area contributed by atoms with Gasteiger partial charge in [-0.2, -0.15) is 0 Å². The smallest absolute Gasteiger partial charge is 0.409 e. The normalized spacial score (nSPS) is 18.6. The van der Waals surface area contributed by atoms with Crippen LogP contribution in [-0.4, -0.2) is 151 Å². The Morgan fingerprint density at radius 3 is 2.33 bits per heavy atom. The highest BCUT2D eigenvalue weighted by atomic mass is 16.6. The van der Waals surface area contributed by atoms with E-state index in [1.54, 1.807) is 14.7 Å². The molecule has 48 heavy (non-hydrogen) atoms. The molecule has 1 N–H and O–H groups in total. The molecule has 4 heterocycles. The number of hydrogen-bond donors (Lipinski definition) is 1. The van der Waals surface area contributed by atoms with Crippen molar-refractivity contribution >= 4 is 40.6 Å². The number of likely N-dealkylation sites (N-methyl/N-ethyl adjacent to an activating group) is 1. The summed E-state index contributed by atoms with van der Waals surface area (Å²) in [5.74, 6) is -0.819. The topological polar surface area (TPSA) is 145 Å². The number of ether oxygens (including phenoxy) is 2. The highest BCUT2D eigenvalue weighted by molar-refractivity contribution is 5.99. The van der Waals surface area contributed by atoms with Gasteiger partial charge in [-0.05, 0) is 50.9 Å². The lowest BCUT2D eigenvalue weighted by atomic mass is 10.1. The van der Waals surface area contributed by atoms with E-state index in [0.717, 1.165) is 37.9 Å². The third-order valence-corrected chi connectivity index (χ3v) is 9.20. The maximum atomic E-state index is 13.4. The van der Waals surface area contributed by atoms with Crippen LogP contribution in [0.4, 0.5) is 4.79 Å². The molecule has 3 fully saturated rings. The quantitative estimate of drug-likeness (QED) is 0.374. The lowest BCUT2D eigenvalue weighted by molar-refractivity contribution is -0.145. The third kappa shape index (κ3) is 8.52. The number of piperazine rings is 2. The van der Waals surface area contributed by atoms with E-state index in [-0.39, 0.29) is 42.7 Å². The van der Waals surface area contributed by atoms with Gasteiger partial charge in [0.25, 0.3) is 11.8 Å². The van der Waals surface area contributed by atoms with Gasteiger partial charge in [0, 0.05) is 70.4 Å². The molecular weight excluding hydrogens is 618 g/mol. The van der Waals surface area contributed by atoms with Gasteiger partial charge in [-0.15, -0.1) is 0 Å². The molecule has 0 radical (unpaired) electrons. The molecule has 260 valence electrons. The summed E-state index contributed by atoms with van der Waals surface area (Å²) < 4.78 is 11.3. The fourth-order valence-electron chi connectivity index (χ4n) is 6.22. The minimum absolute atomic E-state index is 0.0147. The molecular formula is C34H47N7O7. The van der Waals surface area contributed by atoms with Gasteiger partial charge in [-0.25, -0.2) is 9.78 Å². The van der Waals surface area contributed by atoms with Crippen molar-refractivity contribution in [2.24, 2.45) is 0 Å². The Hall–Kier alpha value is -4.46. The number of fused-ring (bicyclic) bond motifs is 1. The molecule has 5 amide bonds. The summed E-state index contributed by atoms with van der Waals surface area (Å²) in [5, 5.41) is 3.30. The van der Waals surface area contributed by atoms with Crippen molar-refractivity contribution in [3.05, 3.63) is 35.5 Å². The van der Waals surface area contributed by atoms with E-state index in [9.17, 15) is 24.0 Å². The Morgan fingerprint density at radius 2 is 1.60 bits per heavy atom. The minimum atomic E-state index is -0.557. The molecule has 2 aromatic rings. The Bertz CT molecular complexity index is 1500. The Labute approximate surface area is 281 Å². The molecule has 0 aliphatic carbocycles. The van der Waals surface area contributed by atoms with Crippen LogP contribution < -0.4 is 10.1 Å². The maximum absolute atomic E-state index is 13.4. The number of likely N-dealkylation sites (tertiary alicyclic amines) is 1. The van der Waals surface area contributed by atoms with Gasteiger partial charge in [0.2, 0.25) is 11.8 Å². The number of carbonyl (C=O) groups is 5. The molecule has 1 aromatic heterocycles. The second kappa shape index (κ2) is 16.1. The lowest BCUT2D eigenvalue weighted by Crippen LogP contribution is -2.54. The third-order valence-electron chi connectivity index (χ3n) is 9.20. The van der Waals surface area contributed by atoms with Gasteiger partial charge in [0.05, 0.1) is 18.7 Å². The number of nitrogens with one attached hydrogen (secondary N) is 1. The van der Waals surface area contributed by atoms with Crippen molar-refractivity contribution in [3.8, 4) is 5.75 Å². The van der Waals surface area contributed by atoms with E-state index < -0.39 is 11.9 Å². The van der Waals surface area contributed by atoms with E-state index in [1.165, 1.54) is 6.07 Å². The lowest BCUT2D eigenvalue weighted by Gasteiger charge is -2.35. The van der Waals surface area contributed by atoms with Gasteiger partial charge in [-0.1, -0.05) is 19.4 Å². The molecule has 3 aliphatic rings. The molecule has 3 saturated heterocycles. The first kappa shape index (κ1) is 34.9. The van der Waals surface area contributed by atoms with Crippen molar-refractivity contribution in [1.82, 2.24) is 34.8 Å². The number of carbonyl (C=O) groups excluding carboxylic acids is 5. The zero-order valence-corrected chi connectivity index (χ0v) is 28.2. The number of rotatable bonds is 10. The molecule has 0 spiro atoms. The van der Waals surface area contributed by atoms with Crippen LogP contribution in [0.3, 0.4) is 0 Å². The largest absolute Gasteiger partial charge is 0.483 e. The maximum Gasteiger partial charge on any atom is 0.409 e. The molecule has 0 bridgehead atoms. The number of unbranched alkanes of at least 4 members (excludes halogenated alkanes) is 1. The van der Waals surface area contributed by atoms with Crippen molar-refractivity contribution in [3.63, 3.8) is 0 Å². The fourth-order valence-corrected chi connectivity index (χ4v) is 6.22. The predicted octanol–water partition coefficient (Wildman–Crippen LogP) is 1.50. The van der Waals surface area contributed by atoms with Crippen molar-refractivity contribution < 1.29 is 33.4 Å². The van der Waals surface area contributed by atoms with Gasteiger partial charge < -0.3 is 39.3 Å². The van der Waals surface area contributed by atoms with Crippen molar-refractivity contribution in [1.29, 1.82) is 0 Å². The number of pyridine rings is 1. The van der Waals surface area contributed by atoms with Crippen LogP contribution >= 0.6 is 0 Å². The Morgan fingerprint density at radius 1 is 0.896 bits per heavy atom. The van der Waals surface area contributed by atoms with Crippen molar-refractivity contribution in [2.75, 3.05) is 85.7 Å². The highest BCUT2D eigenvalue weighted by Gasteiger charge is 2.37. The molecule has 1 unspecified atom stereocenters. The Balaban J connectivity index is 1.18. The van der Waals surface area contributed by atoms with E-state index >= 15 is 0 Å².